The van der Waals surface area contributed by atoms with Gasteiger partial charge in [-0.25, -0.2) is 0 Å². The molecule has 0 aromatic heterocycles. The number of rotatable bonds is 6. The van der Waals surface area contributed by atoms with Crippen LogP contribution in [-0.4, -0.2) is 43.7 Å². The number of likely N-dealkylation sites (N-methyl/N-ethyl adjacent to an activating group) is 1. The summed E-state index contributed by atoms with van der Waals surface area (Å²) >= 11 is 0. The summed E-state index contributed by atoms with van der Waals surface area (Å²) in [5.41, 5.74) is 2.82. The molecule has 1 N–H and O–H groups in total. The van der Waals surface area contributed by atoms with Gasteiger partial charge < -0.3 is 10.1 Å². The van der Waals surface area contributed by atoms with Crippen molar-refractivity contribution in [3.8, 4) is 5.75 Å². The second kappa shape index (κ2) is 6.59. The molecule has 0 amide bonds. The van der Waals surface area contributed by atoms with E-state index < -0.39 is 0 Å². The molecule has 0 saturated carbocycles. The predicted molar refractivity (Wildman–Crippen MR) is 82.5 cm³/mol. The summed E-state index contributed by atoms with van der Waals surface area (Å²) in [6.07, 6.45) is 4.91. The van der Waals surface area contributed by atoms with E-state index in [1.54, 1.807) is 0 Å². The minimum atomic E-state index is 0.758. The van der Waals surface area contributed by atoms with Crippen molar-refractivity contribution < 1.29 is 4.74 Å². The molecule has 110 valence electrons. The maximum absolute atomic E-state index is 5.55. The van der Waals surface area contributed by atoms with E-state index in [0.29, 0.717) is 0 Å². The number of nitrogens with zero attached hydrogens (tertiary/aromatic N) is 1. The van der Waals surface area contributed by atoms with Crippen LogP contribution in [-0.2, 0) is 12.8 Å². The Hall–Kier alpha value is -1.06. The molecule has 2 aliphatic heterocycles. The third kappa shape index (κ3) is 3.15. The monoisotopic (exact) mass is 274 g/mol. The van der Waals surface area contributed by atoms with Crippen molar-refractivity contribution in [1.29, 1.82) is 0 Å². The van der Waals surface area contributed by atoms with E-state index in [2.05, 4.69) is 35.3 Å². The molecule has 0 spiro atoms. The fraction of sp³-hybridized carbons (Fsp3) is 0.647. The van der Waals surface area contributed by atoms with Crippen molar-refractivity contribution in [2.45, 2.75) is 38.6 Å². The van der Waals surface area contributed by atoms with Crippen molar-refractivity contribution in [3.05, 3.63) is 29.3 Å². The summed E-state index contributed by atoms with van der Waals surface area (Å²) in [5, 5.41) is 3.63. The lowest BCUT2D eigenvalue weighted by Crippen LogP contribution is -2.38. The van der Waals surface area contributed by atoms with Gasteiger partial charge in [-0.3, -0.25) is 4.90 Å². The quantitative estimate of drug-likeness (QED) is 0.805. The lowest BCUT2D eigenvalue weighted by Gasteiger charge is -2.23. The van der Waals surface area contributed by atoms with Crippen LogP contribution in [0.1, 0.15) is 30.9 Å². The van der Waals surface area contributed by atoms with E-state index in [-0.39, 0.29) is 0 Å². The van der Waals surface area contributed by atoms with Crippen LogP contribution in [0.2, 0.25) is 0 Å². The molecule has 20 heavy (non-hydrogen) atoms. The molecule has 1 aromatic rings. The molecule has 2 heterocycles. The molecule has 1 fully saturated rings. The molecular formula is C17H26N2O. The number of benzene rings is 1. The van der Waals surface area contributed by atoms with Gasteiger partial charge in [-0.05, 0) is 56.1 Å². The first kappa shape index (κ1) is 13.9. The van der Waals surface area contributed by atoms with E-state index in [1.165, 1.54) is 37.1 Å². The fourth-order valence-electron chi connectivity index (χ4n) is 3.44. The summed E-state index contributed by atoms with van der Waals surface area (Å²) in [5.74, 6) is 1.09. The van der Waals surface area contributed by atoms with Gasteiger partial charge in [0.1, 0.15) is 5.75 Å². The number of likely N-dealkylation sites (tertiary alicyclic amines) is 1. The maximum Gasteiger partial charge on any atom is 0.122 e. The number of fused-ring (bicyclic) bond motifs is 1. The number of ether oxygens (including phenoxy) is 1. The Morgan fingerprint density at radius 3 is 3.25 bits per heavy atom. The largest absolute Gasteiger partial charge is 0.493 e. The molecule has 3 nitrogen and oxygen atoms in total. The zero-order chi connectivity index (χ0) is 13.8. The first-order valence-electron chi connectivity index (χ1n) is 8.06. The van der Waals surface area contributed by atoms with E-state index in [1.807, 2.05) is 0 Å². The first-order chi connectivity index (χ1) is 9.86. The minimum absolute atomic E-state index is 0.758. The number of nitrogens with one attached hydrogen (secondary N) is 1. The van der Waals surface area contributed by atoms with Crippen molar-refractivity contribution in [2.24, 2.45) is 0 Å². The smallest absolute Gasteiger partial charge is 0.122 e. The van der Waals surface area contributed by atoms with Crippen molar-refractivity contribution in [2.75, 3.05) is 32.8 Å². The molecule has 2 aliphatic rings. The molecule has 0 aliphatic carbocycles. The van der Waals surface area contributed by atoms with E-state index >= 15 is 0 Å². The van der Waals surface area contributed by atoms with Crippen molar-refractivity contribution in [3.63, 3.8) is 0 Å². The van der Waals surface area contributed by atoms with Crippen LogP contribution in [0.25, 0.3) is 0 Å². The Morgan fingerprint density at radius 1 is 1.40 bits per heavy atom. The predicted octanol–water partition coefficient (Wildman–Crippen LogP) is 2.24. The molecule has 1 saturated heterocycles. The highest BCUT2D eigenvalue weighted by atomic mass is 16.5. The molecule has 3 heteroatoms. The third-order valence-electron chi connectivity index (χ3n) is 4.63. The molecule has 1 unspecified atom stereocenters. The Kier molecular flexibility index (Phi) is 4.58. The Bertz CT molecular complexity index is 447. The van der Waals surface area contributed by atoms with Gasteiger partial charge in [-0.1, -0.05) is 19.1 Å². The summed E-state index contributed by atoms with van der Waals surface area (Å²) in [7, 11) is 0. The van der Waals surface area contributed by atoms with Gasteiger partial charge in [0.25, 0.3) is 0 Å². The van der Waals surface area contributed by atoms with Crippen LogP contribution >= 0.6 is 0 Å². The molecular weight excluding hydrogens is 248 g/mol. The molecule has 1 atom stereocenters. The van der Waals surface area contributed by atoms with E-state index in [4.69, 9.17) is 4.74 Å². The zero-order valence-corrected chi connectivity index (χ0v) is 12.5. The second-order valence-corrected chi connectivity index (χ2v) is 5.92. The van der Waals surface area contributed by atoms with Crippen LogP contribution in [0.4, 0.5) is 0 Å². The van der Waals surface area contributed by atoms with Gasteiger partial charge in [-0.15, -0.1) is 0 Å². The standard InChI is InChI=1S/C17H26N2O/c1-2-19-10-3-4-16(19)13-18-9-7-14-5-6-17-15(12-14)8-11-20-17/h5-6,12,16,18H,2-4,7-11,13H2,1H3. The minimum Gasteiger partial charge on any atom is -0.493 e. The van der Waals surface area contributed by atoms with Crippen LogP contribution in [0.3, 0.4) is 0 Å². The SMILES string of the molecule is CCN1CCCC1CNCCc1ccc2c(c1)CCO2. The average Bonchev–Trinajstić information content (AvgIpc) is 3.11. The average molecular weight is 274 g/mol. The first-order valence-corrected chi connectivity index (χ1v) is 8.06. The third-order valence-corrected chi connectivity index (χ3v) is 4.63. The van der Waals surface area contributed by atoms with Crippen molar-refractivity contribution >= 4 is 0 Å². The highest BCUT2D eigenvalue weighted by Gasteiger charge is 2.21. The normalized spacial score (nSPS) is 21.9. The molecule has 3 rings (SSSR count). The number of hydrogen-bond acceptors (Lipinski definition) is 3. The molecule has 0 bridgehead atoms. The summed E-state index contributed by atoms with van der Waals surface area (Å²) < 4.78 is 5.55. The highest BCUT2D eigenvalue weighted by Crippen LogP contribution is 2.25. The van der Waals surface area contributed by atoms with Crippen LogP contribution in [0, 0.1) is 0 Å². The van der Waals surface area contributed by atoms with Crippen LogP contribution < -0.4 is 10.1 Å². The Labute approximate surface area is 122 Å². The lowest BCUT2D eigenvalue weighted by atomic mass is 10.1. The highest BCUT2D eigenvalue weighted by molar-refractivity contribution is 5.39. The fourth-order valence-corrected chi connectivity index (χ4v) is 3.44. The Balaban J connectivity index is 1.41. The van der Waals surface area contributed by atoms with Crippen LogP contribution in [0.5, 0.6) is 5.75 Å². The van der Waals surface area contributed by atoms with Gasteiger partial charge >= 0.3 is 0 Å². The van der Waals surface area contributed by atoms with Crippen LogP contribution in [0.15, 0.2) is 18.2 Å². The van der Waals surface area contributed by atoms with E-state index in [9.17, 15) is 0 Å². The summed E-state index contributed by atoms with van der Waals surface area (Å²) in [6, 6.07) is 7.42. The molecule has 0 radical (unpaired) electrons. The Morgan fingerprint density at radius 2 is 2.35 bits per heavy atom. The lowest BCUT2D eigenvalue weighted by molar-refractivity contribution is 0.260. The van der Waals surface area contributed by atoms with E-state index in [0.717, 1.165) is 44.3 Å². The summed E-state index contributed by atoms with van der Waals surface area (Å²) in [6.45, 7) is 7.82. The zero-order valence-electron chi connectivity index (χ0n) is 12.5. The maximum atomic E-state index is 5.55. The van der Waals surface area contributed by atoms with Gasteiger partial charge in [0.05, 0.1) is 6.61 Å². The number of hydrogen-bond donors (Lipinski definition) is 1. The van der Waals surface area contributed by atoms with Gasteiger partial charge in [0.15, 0.2) is 0 Å². The summed E-state index contributed by atoms with van der Waals surface area (Å²) in [4.78, 5) is 2.60. The van der Waals surface area contributed by atoms with Crippen molar-refractivity contribution in [1.82, 2.24) is 10.2 Å². The molecule has 1 aromatic carbocycles. The second-order valence-electron chi connectivity index (χ2n) is 5.92. The van der Waals surface area contributed by atoms with Gasteiger partial charge in [0, 0.05) is 19.0 Å². The van der Waals surface area contributed by atoms with Gasteiger partial charge in [-0.2, -0.15) is 0 Å². The topological polar surface area (TPSA) is 24.5 Å². The van der Waals surface area contributed by atoms with Gasteiger partial charge in [0.2, 0.25) is 0 Å².